The van der Waals surface area contributed by atoms with Crippen molar-refractivity contribution in [1.82, 2.24) is 0 Å². The lowest BCUT2D eigenvalue weighted by molar-refractivity contribution is -0.119. The van der Waals surface area contributed by atoms with Crippen LogP contribution in [0.1, 0.15) is 32.1 Å². The molecule has 3 rings (SSSR count). The van der Waals surface area contributed by atoms with Crippen LogP contribution in [0.25, 0.3) is 0 Å². The van der Waals surface area contributed by atoms with Gasteiger partial charge in [-0.05, 0) is 44.1 Å². The molecule has 0 aliphatic heterocycles. The normalized spacial score (nSPS) is 37.6. The lowest BCUT2D eigenvalue weighted by Crippen LogP contribution is -2.16. The van der Waals surface area contributed by atoms with E-state index >= 15 is 0 Å². The lowest BCUT2D eigenvalue weighted by Gasteiger charge is -2.13. The number of hydrogen-bond acceptors (Lipinski definition) is 1. The zero-order valence-corrected chi connectivity index (χ0v) is 6.60. The van der Waals surface area contributed by atoms with Crippen molar-refractivity contribution in [2.75, 3.05) is 0 Å². The van der Waals surface area contributed by atoms with E-state index in [0.29, 0.717) is 11.7 Å². The van der Waals surface area contributed by atoms with E-state index < -0.39 is 0 Å². The number of carbonyl (C=O) groups is 1. The summed E-state index contributed by atoms with van der Waals surface area (Å²) in [4.78, 5) is 11.5. The molecule has 0 amide bonds. The number of rotatable bonds is 0. The zero-order chi connectivity index (χ0) is 7.47. The number of carbonyl (C=O) groups excluding carboxylic acids is 1. The summed E-state index contributed by atoms with van der Waals surface area (Å²) in [6.45, 7) is 0. The average Bonchev–Trinajstić information content (AvgIpc) is 2.61. The van der Waals surface area contributed by atoms with Gasteiger partial charge in [0.1, 0.15) is 0 Å². The second-order valence-corrected chi connectivity index (χ2v) is 4.18. The molecule has 2 fully saturated rings. The van der Waals surface area contributed by atoms with Gasteiger partial charge in [0.05, 0.1) is 0 Å². The summed E-state index contributed by atoms with van der Waals surface area (Å²) in [7, 11) is 0. The highest BCUT2D eigenvalue weighted by atomic mass is 16.1. The van der Waals surface area contributed by atoms with Crippen molar-refractivity contribution in [1.29, 1.82) is 0 Å². The van der Waals surface area contributed by atoms with E-state index in [0.717, 1.165) is 0 Å². The Kier molecular flexibility index (Phi) is 0.869. The first-order valence-electron chi connectivity index (χ1n) is 4.58. The van der Waals surface area contributed by atoms with Crippen LogP contribution in [0.15, 0.2) is 11.6 Å². The van der Waals surface area contributed by atoms with Crippen molar-refractivity contribution in [2.45, 2.75) is 32.1 Å². The Labute approximate surface area is 66.5 Å². The Morgan fingerprint density at radius 1 is 1.45 bits per heavy atom. The average molecular weight is 148 g/mol. The fourth-order valence-electron chi connectivity index (χ4n) is 2.89. The van der Waals surface area contributed by atoms with Gasteiger partial charge in [-0.25, -0.2) is 0 Å². The summed E-state index contributed by atoms with van der Waals surface area (Å²) < 4.78 is 0. The SMILES string of the molecule is O=C1C=C2CCCC2C12CC2. The summed E-state index contributed by atoms with van der Waals surface area (Å²) in [5.41, 5.74) is 1.65. The van der Waals surface area contributed by atoms with E-state index in [9.17, 15) is 4.79 Å². The summed E-state index contributed by atoms with van der Waals surface area (Å²) in [5.74, 6) is 1.15. The first-order chi connectivity index (χ1) is 5.33. The summed E-state index contributed by atoms with van der Waals surface area (Å²) in [6, 6.07) is 0. The Morgan fingerprint density at radius 3 is 3.00 bits per heavy atom. The van der Waals surface area contributed by atoms with Gasteiger partial charge in [-0.1, -0.05) is 5.57 Å². The molecule has 1 spiro atoms. The van der Waals surface area contributed by atoms with Gasteiger partial charge in [-0.15, -0.1) is 0 Å². The molecule has 11 heavy (non-hydrogen) atoms. The van der Waals surface area contributed by atoms with Crippen LogP contribution >= 0.6 is 0 Å². The second kappa shape index (κ2) is 1.60. The molecular formula is C10H12O. The van der Waals surface area contributed by atoms with Crippen molar-refractivity contribution in [3.8, 4) is 0 Å². The third kappa shape index (κ3) is 0.559. The van der Waals surface area contributed by atoms with Gasteiger partial charge < -0.3 is 0 Å². The summed E-state index contributed by atoms with van der Waals surface area (Å²) in [6.07, 6.45) is 8.12. The first kappa shape index (κ1) is 5.99. The molecule has 2 saturated carbocycles. The molecule has 0 radical (unpaired) electrons. The molecule has 1 nitrogen and oxygen atoms in total. The number of fused-ring (bicyclic) bond motifs is 2. The maximum absolute atomic E-state index is 11.5. The highest BCUT2D eigenvalue weighted by Gasteiger charge is 2.59. The fourth-order valence-corrected chi connectivity index (χ4v) is 2.89. The van der Waals surface area contributed by atoms with E-state index in [1.807, 2.05) is 6.08 Å². The maximum Gasteiger partial charge on any atom is 0.162 e. The third-order valence-electron chi connectivity index (χ3n) is 3.67. The minimum atomic E-state index is 0.172. The van der Waals surface area contributed by atoms with Crippen molar-refractivity contribution < 1.29 is 4.79 Å². The van der Waals surface area contributed by atoms with Gasteiger partial charge in [0.15, 0.2) is 5.78 Å². The van der Waals surface area contributed by atoms with Crippen LogP contribution in [0.5, 0.6) is 0 Å². The number of hydrogen-bond donors (Lipinski definition) is 0. The number of ketones is 1. The van der Waals surface area contributed by atoms with E-state index in [1.165, 1.54) is 37.7 Å². The van der Waals surface area contributed by atoms with Crippen LogP contribution in [0, 0.1) is 11.3 Å². The quantitative estimate of drug-likeness (QED) is 0.514. The summed E-state index contributed by atoms with van der Waals surface area (Å²) >= 11 is 0. The van der Waals surface area contributed by atoms with Gasteiger partial charge >= 0.3 is 0 Å². The van der Waals surface area contributed by atoms with Crippen molar-refractivity contribution in [3.05, 3.63) is 11.6 Å². The van der Waals surface area contributed by atoms with E-state index in [4.69, 9.17) is 0 Å². The highest BCUT2D eigenvalue weighted by molar-refractivity contribution is 6.01. The Bertz CT molecular complexity index is 258. The Hall–Kier alpha value is -0.590. The molecule has 0 aromatic carbocycles. The lowest BCUT2D eigenvalue weighted by atomic mass is 9.89. The molecular weight excluding hydrogens is 136 g/mol. The van der Waals surface area contributed by atoms with Gasteiger partial charge in [-0.2, -0.15) is 0 Å². The van der Waals surface area contributed by atoms with E-state index in [-0.39, 0.29) is 5.41 Å². The van der Waals surface area contributed by atoms with Crippen LogP contribution in [0.3, 0.4) is 0 Å². The fraction of sp³-hybridized carbons (Fsp3) is 0.700. The highest BCUT2D eigenvalue weighted by Crippen LogP contribution is 2.62. The largest absolute Gasteiger partial charge is 0.294 e. The predicted molar refractivity (Wildman–Crippen MR) is 42.1 cm³/mol. The number of allylic oxidation sites excluding steroid dienone is 2. The van der Waals surface area contributed by atoms with Gasteiger partial charge in [0.2, 0.25) is 0 Å². The van der Waals surface area contributed by atoms with Crippen LogP contribution in [-0.2, 0) is 4.79 Å². The second-order valence-electron chi connectivity index (χ2n) is 4.18. The zero-order valence-electron chi connectivity index (χ0n) is 6.60. The van der Waals surface area contributed by atoms with E-state index in [1.54, 1.807) is 0 Å². The van der Waals surface area contributed by atoms with Crippen molar-refractivity contribution >= 4 is 5.78 Å². The van der Waals surface area contributed by atoms with Crippen LogP contribution < -0.4 is 0 Å². The molecule has 58 valence electrons. The molecule has 0 aromatic rings. The molecule has 3 aliphatic rings. The molecule has 3 aliphatic carbocycles. The van der Waals surface area contributed by atoms with E-state index in [2.05, 4.69) is 0 Å². The Morgan fingerprint density at radius 2 is 2.27 bits per heavy atom. The van der Waals surface area contributed by atoms with Crippen LogP contribution in [0.2, 0.25) is 0 Å². The molecule has 0 aromatic heterocycles. The Balaban J connectivity index is 2.07. The van der Waals surface area contributed by atoms with Crippen molar-refractivity contribution in [2.24, 2.45) is 11.3 Å². The molecule has 1 unspecified atom stereocenters. The standard InChI is InChI=1S/C10H12O/c11-9-6-7-2-1-3-8(7)10(9)4-5-10/h6,8H,1-5H2. The monoisotopic (exact) mass is 148 g/mol. The molecule has 0 saturated heterocycles. The molecule has 1 atom stereocenters. The van der Waals surface area contributed by atoms with Crippen molar-refractivity contribution in [3.63, 3.8) is 0 Å². The smallest absolute Gasteiger partial charge is 0.162 e. The topological polar surface area (TPSA) is 17.1 Å². The molecule has 0 bridgehead atoms. The third-order valence-corrected chi connectivity index (χ3v) is 3.67. The van der Waals surface area contributed by atoms with Crippen LogP contribution in [0.4, 0.5) is 0 Å². The predicted octanol–water partition coefficient (Wildman–Crippen LogP) is 2.08. The van der Waals surface area contributed by atoms with Gasteiger partial charge in [0, 0.05) is 5.41 Å². The molecule has 0 N–H and O–H groups in total. The molecule has 0 heterocycles. The first-order valence-corrected chi connectivity index (χ1v) is 4.58. The maximum atomic E-state index is 11.5. The van der Waals surface area contributed by atoms with Gasteiger partial charge in [-0.3, -0.25) is 4.79 Å². The van der Waals surface area contributed by atoms with Gasteiger partial charge in [0.25, 0.3) is 0 Å². The minimum absolute atomic E-state index is 0.172. The summed E-state index contributed by atoms with van der Waals surface area (Å²) in [5, 5.41) is 0. The minimum Gasteiger partial charge on any atom is -0.294 e. The van der Waals surface area contributed by atoms with Crippen LogP contribution in [-0.4, -0.2) is 5.78 Å². The molecule has 1 heteroatoms.